The van der Waals surface area contributed by atoms with Gasteiger partial charge in [-0.3, -0.25) is 4.79 Å². The second kappa shape index (κ2) is 5.40. The molecule has 0 aliphatic heterocycles. The summed E-state index contributed by atoms with van der Waals surface area (Å²) in [6.07, 6.45) is 1.90. The summed E-state index contributed by atoms with van der Waals surface area (Å²) in [4.78, 5) is 27.7. The van der Waals surface area contributed by atoms with E-state index in [9.17, 15) is 9.59 Å². The lowest BCUT2D eigenvalue weighted by Crippen LogP contribution is -2.33. The van der Waals surface area contributed by atoms with Gasteiger partial charge in [-0.15, -0.1) is 5.10 Å². The number of imidazole rings is 1. The standard InChI is InChI=1S/C14H14N6O2/c1-2-10(9-6-4-3-5-7-9)20-14(22)19-8-16-11(12(15)21)13(19)17-18-20/h3-8,10H,2H2,1H3,(H2,15,21)/t10-/m1/s1. The van der Waals surface area contributed by atoms with Gasteiger partial charge in [-0.25, -0.2) is 14.2 Å². The molecule has 0 spiro atoms. The molecule has 1 amide bonds. The fraction of sp³-hybridized carbons (Fsp3) is 0.214. The Morgan fingerprint density at radius 3 is 2.68 bits per heavy atom. The van der Waals surface area contributed by atoms with Gasteiger partial charge in [-0.05, 0) is 12.0 Å². The minimum atomic E-state index is -0.746. The van der Waals surface area contributed by atoms with Gasteiger partial charge in [0.05, 0.1) is 6.04 Å². The molecule has 2 aromatic heterocycles. The SMILES string of the molecule is CC[C@H](c1ccccc1)n1nnc2c(C(N)=O)ncn2c1=O. The molecule has 8 nitrogen and oxygen atoms in total. The van der Waals surface area contributed by atoms with Gasteiger partial charge < -0.3 is 5.73 Å². The highest BCUT2D eigenvalue weighted by atomic mass is 16.2. The number of amides is 1. The third-order valence-electron chi connectivity index (χ3n) is 3.48. The van der Waals surface area contributed by atoms with Crippen LogP contribution in [0.3, 0.4) is 0 Å². The smallest absolute Gasteiger partial charge is 0.353 e. The van der Waals surface area contributed by atoms with Crippen LogP contribution in [0.25, 0.3) is 5.65 Å². The minimum absolute atomic E-state index is 0.0653. The molecule has 8 heteroatoms. The first-order valence-corrected chi connectivity index (χ1v) is 6.80. The Balaban J connectivity index is 2.18. The number of hydrogen-bond acceptors (Lipinski definition) is 5. The Bertz CT molecular complexity index is 883. The van der Waals surface area contributed by atoms with E-state index in [-0.39, 0.29) is 17.4 Å². The molecule has 3 rings (SSSR count). The van der Waals surface area contributed by atoms with Crippen LogP contribution in [0.4, 0.5) is 0 Å². The Labute approximate surface area is 125 Å². The number of fused-ring (bicyclic) bond motifs is 1. The number of nitrogens with zero attached hydrogens (tertiary/aromatic N) is 5. The second-order valence-electron chi connectivity index (χ2n) is 4.80. The van der Waals surface area contributed by atoms with Crippen LogP contribution in [0.5, 0.6) is 0 Å². The van der Waals surface area contributed by atoms with Crippen molar-refractivity contribution in [2.45, 2.75) is 19.4 Å². The molecule has 0 radical (unpaired) electrons. The molecule has 0 fully saturated rings. The van der Waals surface area contributed by atoms with E-state index in [1.54, 1.807) is 0 Å². The van der Waals surface area contributed by atoms with Crippen LogP contribution in [0.15, 0.2) is 41.5 Å². The van der Waals surface area contributed by atoms with Crippen molar-refractivity contribution < 1.29 is 4.79 Å². The lowest BCUT2D eigenvalue weighted by Gasteiger charge is -2.16. The Morgan fingerprint density at radius 1 is 1.32 bits per heavy atom. The summed E-state index contributed by atoms with van der Waals surface area (Å²) in [5.41, 5.74) is 5.74. The predicted octanol–water partition coefficient (Wildman–Crippen LogP) is 0.384. The molecular formula is C14H14N6O2. The highest BCUT2D eigenvalue weighted by Crippen LogP contribution is 2.18. The second-order valence-corrected chi connectivity index (χ2v) is 4.80. The maximum absolute atomic E-state index is 12.6. The molecule has 22 heavy (non-hydrogen) atoms. The molecule has 0 aliphatic rings. The van der Waals surface area contributed by atoms with E-state index in [0.717, 1.165) is 5.56 Å². The Kier molecular flexibility index (Phi) is 3.42. The van der Waals surface area contributed by atoms with E-state index >= 15 is 0 Å². The van der Waals surface area contributed by atoms with Crippen LogP contribution in [-0.2, 0) is 0 Å². The van der Waals surface area contributed by atoms with Gasteiger partial charge in [-0.1, -0.05) is 42.5 Å². The molecule has 2 N–H and O–H groups in total. The third-order valence-corrected chi connectivity index (χ3v) is 3.48. The number of hydrogen-bond donors (Lipinski definition) is 1. The van der Waals surface area contributed by atoms with Gasteiger partial charge in [0.2, 0.25) is 0 Å². The predicted molar refractivity (Wildman–Crippen MR) is 78.4 cm³/mol. The number of primary amides is 1. The first-order valence-electron chi connectivity index (χ1n) is 6.80. The molecule has 0 saturated carbocycles. The summed E-state index contributed by atoms with van der Waals surface area (Å²) >= 11 is 0. The van der Waals surface area contributed by atoms with Crippen LogP contribution >= 0.6 is 0 Å². The lowest BCUT2D eigenvalue weighted by atomic mass is 10.1. The number of nitrogens with two attached hydrogens (primary N) is 1. The normalized spacial score (nSPS) is 12.4. The van der Waals surface area contributed by atoms with Crippen molar-refractivity contribution in [3.63, 3.8) is 0 Å². The molecule has 0 saturated heterocycles. The molecule has 0 aliphatic carbocycles. The zero-order valence-electron chi connectivity index (χ0n) is 11.9. The van der Waals surface area contributed by atoms with Gasteiger partial charge in [0.15, 0.2) is 11.3 Å². The Morgan fingerprint density at radius 2 is 2.05 bits per heavy atom. The van der Waals surface area contributed by atoms with E-state index in [1.807, 2.05) is 37.3 Å². The van der Waals surface area contributed by atoms with E-state index in [2.05, 4.69) is 15.3 Å². The Hall–Kier alpha value is -3.03. The maximum atomic E-state index is 12.6. The van der Waals surface area contributed by atoms with Crippen molar-refractivity contribution in [3.8, 4) is 0 Å². The van der Waals surface area contributed by atoms with Crippen molar-refractivity contribution in [1.82, 2.24) is 24.4 Å². The topological polar surface area (TPSA) is 108 Å². The average molecular weight is 298 g/mol. The quantitative estimate of drug-likeness (QED) is 0.749. The number of benzene rings is 1. The minimum Gasteiger partial charge on any atom is -0.364 e. The van der Waals surface area contributed by atoms with Crippen LogP contribution in [0, 0.1) is 0 Å². The van der Waals surface area contributed by atoms with Crippen molar-refractivity contribution >= 4 is 11.6 Å². The molecule has 1 aromatic carbocycles. The van der Waals surface area contributed by atoms with Crippen LogP contribution in [-0.4, -0.2) is 30.3 Å². The van der Waals surface area contributed by atoms with E-state index in [0.29, 0.717) is 6.42 Å². The molecule has 0 unspecified atom stereocenters. The van der Waals surface area contributed by atoms with Crippen LogP contribution in [0.1, 0.15) is 35.4 Å². The summed E-state index contributed by atoms with van der Waals surface area (Å²) in [5, 5.41) is 7.88. The summed E-state index contributed by atoms with van der Waals surface area (Å²) < 4.78 is 2.47. The van der Waals surface area contributed by atoms with E-state index in [4.69, 9.17) is 5.73 Å². The van der Waals surface area contributed by atoms with Gasteiger partial charge in [-0.2, -0.15) is 4.68 Å². The molecule has 112 valence electrons. The van der Waals surface area contributed by atoms with Crippen LogP contribution < -0.4 is 11.4 Å². The van der Waals surface area contributed by atoms with Crippen molar-refractivity contribution in [3.05, 3.63) is 58.4 Å². The molecular weight excluding hydrogens is 284 g/mol. The number of aromatic nitrogens is 5. The van der Waals surface area contributed by atoms with Gasteiger partial charge in [0, 0.05) is 0 Å². The molecule has 3 aromatic rings. The van der Waals surface area contributed by atoms with Gasteiger partial charge in [0.25, 0.3) is 5.91 Å². The maximum Gasteiger partial charge on any atom is 0.353 e. The monoisotopic (exact) mass is 298 g/mol. The average Bonchev–Trinajstić information content (AvgIpc) is 2.96. The molecule has 0 bridgehead atoms. The van der Waals surface area contributed by atoms with Gasteiger partial charge >= 0.3 is 5.69 Å². The van der Waals surface area contributed by atoms with Crippen molar-refractivity contribution in [1.29, 1.82) is 0 Å². The fourth-order valence-corrected chi connectivity index (χ4v) is 2.41. The van der Waals surface area contributed by atoms with Crippen LogP contribution in [0.2, 0.25) is 0 Å². The summed E-state index contributed by atoms with van der Waals surface area (Å²) in [7, 11) is 0. The highest BCUT2D eigenvalue weighted by Gasteiger charge is 2.19. The number of rotatable bonds is 4. The van der Waals surface area contributed by atoms with Gasteiger partial charge in [0.1, 0.15) is 6.33 Å². The zero-order chi connectivity index (χ0) is 15.7. The first-order chi connectivity index (χ1) is 10.6. The highest BCUT2D eigenvalue weighted by molar-refractivity contribution is 5.96. The fourth-order valence-electron chi connectivity index (χ4n) is 2.41. The molecule has 2 heterocycles. The van der Waals surface area contributed by atoms with E-state index in [1.165, 1.54) is 15.4 Å². The van der Waals surface area contributed by atoms with Crippen molar-refractivity contribution in [2.24, 2.45) is 5.73 Å². The summed E-state index contributed by atoms with van der Waals surface area (Å²) in [6.45, 7) is 1.96. The summed E-state index contributed by atoms with van der Waals surface area (Å²) in [6, 6.07) is 9.31. The summed E-state index contributed by atoms with van der Waals surface area (Å²) in [5.74, 6) is -0.746. The van der Waals surface area contributed by atoms with E-state index < -0.39 is 11.6 Å². The largest absolute Gasteiger partial charge is 0.364 e. The molecule has 1 atom stereocenters. The number of carbonyl (C=O) groups excluding carboxylic acids is 1. The third kappa shape index (κ3) is 2.14. The zero-order valence-corrected chi connectivity index (χ0v) is 11.9. The lowest BCUT2D eigenvalue weighted by molar-refractivity contribution is 0.0997. The number of carbonyl (C=O) groups is 1. The first kappa shape index (κ1) is 13.9. The van der Waals surface area contributed by atoms with Crippen molar-refractivity contribution in [2.75, 3.05) is 0 Å².